The molecule has 6 heteroatoms. The minimum absolute atomic E-state index is 0.0818. The van der Waals surface area contributed by atoms with Gasteiger partial charge in [-0.05, 0) is 64.2 Å². The molecule has 0 N–H and O–H groups in total. The molecule has 0 amide bonds. The van der Waals surface area contributed by atoms with Crippen molar-refractivity contribution in [1.82, 2.24) is 0 Å². The van der Waals surface area contributed by atoms with E-state index in [0.717, 1.165) is 77.0 Å². The molecule has 0 aromatic rings. The van der Waals surface area contributed by atoms with Crippen LogP contribution in [0.2, 0.25) is 0 Å². The first kappa shape index (κ1) is 62.6. The summed E-state index contributed by atoms with van der Waals surface area (Å²) in [7, 11) is 0. The maximum Gasteiger partial charge on any atom is 0.306 e. The fourth-order valence-electron chi connectivity index (χ4n) is 8.30. The van der Waals surface area contributed by atoms with Crippen molar-refractivity contribution in [3.05, 3.63) is 36.5 Å². The SMILES string of the molecule is CCCC/C=C\C=C/CCCCCC(=O)OCC(COC(=O)CCCCCCC/C=C\CCCCCCCCCCC)OC(=O)CCCCCCCCCCCCCCCCCCCC. The number of ether oxygens (including phenoxy) is 3. The quantitative estimate of drug-likeness (QED) is 0.0199. The molecular weight excluding hydrogens is 805 g/mol. The van der Waals surface area contributed by atoms with Crippen LogP contribution in [0.25, 0.3) is 0 Å². The Morgan fingerprint density at radius 1 is 0.308 bits per heavy atom. The fourth-order valence-corrected chi connectivity index (χ4v) is 8.30. The second-order valence-electron chi connectivity index (χ2n) is 19.2. The van der Waals surface area contributed by atoms with E-state index in [-0.39, 0.29) is 31.1 Å². The van der Waals surface area contributed by atoms with Gasteiger partial charge in [-0.25, -0.2) is 0 Å². The van der Waals surface area contributed by atoms with Crippen LogP contribution < -0.4 is 0 Å². The average molecular weight is 914 g/mol. The van der Waals surface area contributed by atoms with Crippen molar-refractivity contribution in [3.63, 3.8) is 0 Å². The number of hydrogen-bond donors (Lipinski definition) is 0. The highest BCUT2D eigenvalue weighted by Gasteiger charge is 2.19. The van der Waals surface area contributed by atoms with Gasteiger partial charge in [0.1, 0.15) is 13.2 Å². The van der Waals surface area contributed by atoms with Crippen LogP contribution in [0, 0.1) is 0 Å². The van der Waals surface area contributed by atoms with Gasteiger partial charge in [-0.15, -0.1) is 0 Å². The van der Waals surface area contributed by atoms with E-state index in [9.17, 15) is 14.4 Å². The summed E-state index contributed by atoms with van der Waals surface area (Å²) in [6, 6.07) is 0. The van der Waals surface area contributed by atoms with Gasteiger partial charge in [-0.3, -0.25) is 14.4 Å². The monoisotopic (exact) mass is 913 g/mol. The van der Waals surface area contributed by atoms with Crippen LogP contribution >= 0.6 is 0 Å². The van der Waals surface area contributed by atoms with Gasteiger partial charge in [0.15, 0.2) is 6.10 Å². The third-order valence-electron chi connectivity index (χ3n) is 12.6. The molecule has 0 aromatic heterocycles. The lowest BCUT2D eigenvalue weighted by Gasteiger charge is -2.18. The Kier molecular flexibility index (Phi) is 52.3. The molecule has 6 nitrogen and oxygen atoms in total. The topological polar surface area (TPSA) is 78.9 Å². The average Bonchev–Trinajstić information content (AvgIpc) is 3.30. The Morgan fingerprint density at radius 3 is 0.923 bits per heavy atom. The minimum Gasteiger partial charge on any atom is -0.462 e. The summed E-state index contributed by atoms with van der Waals surface area (Å²) in [5, 5.41) is 0. The molecule has 0 radical (unpaired) electrons. The molecule has 380 valence electrons. The summed E-state index contributed by atoms with van der Waals surface area (Å²) in [4.78, 5) is 38.1. The molecule has 0 heterocycles. The van der Waals surface area contributed by atoms with Crippen molar-refractivity contribution < 1.29 is 28.6 Å². The Hall–Kier alpha value is -2.37. The van der Waals surface area contributed by atoms with Crippen LogP contribution in [0.1, 0.15) is 303 Å². The summed E-state index contributed by atoms with van der Waals surface area (Å²) in [5.74, 6) is -0.902. The zero-order valence-electron chi connectivity index (χ0n) is 43.5. The maximum atomic E-state index is 12.8. The number of esters is 3. The Morgan fingerprint density at radius 2 is 0.569 bits per heavy atom. The van der Waals surface area contributed by atoms with E-state index in [2.05, 4.69) is 57.2 Å². The van der Waals surface area contributed by atoms with E-state index < -0.39 is 6.10 Å². The van der Waals surface area contributed by atoms with Gasteiger partial charge in [0, 0.05) is 19.3 Å². The van der Waals surface area contributed by atoms with E-state index >= 15 is 0 Å². The van der Waals surface area contributed by atoms with Crippen LogP contribution in [0.5, 0.6) is 0 Å². The van der Waals surface area contributed by atoms with E-state index in [0.29, 0.717) is 19.3 Å². The normalized spacial score (nSPS) is 12.2. The maximum absolute atomic E-state index is 12.8. The predicted molar refractivity (Wildman–Crippen MR) is 279 cm³/mol. The van der Waals surface area contributed by atoms with E-state index in [1.165, 1.54) is 186 Å². The zero-order chi connectivity index (χ0) is 47.2. The van der Waals surface area contributed by atoms with Crippen molar-refractivity contribution in [2.45, 2.75) is 309 Å². The Labute approximate surface area is 404 Å². The highest BCUT2D eigenvalue weighted by molar-refractivity contribution is 5.71. The van der Waals surface area contributed by atoms with Gasteiger partial charge in [-0.2, -0.15) is 0 Å². The Bertz CT molecular complexity index is 1090. The summed E-state index contributed by atoms with van der Waals surface area (Å²) in [5.41, 5.74) is 0. The van der Waals surface area contributed by atoms with Gasteiger partial charge >= 0.3 is 17.9 Å². The molecule has 0 spiro atoms. The van der Waals surface area contributed by atoms with Crippen molar-refractivity contribution in [2.24, 2.45) is 0 Å². The second-order valence-corrected chi connectivity index (χ2v) is 19.2. The third-order valence-corrected chi connectivity index (χ3v) is 12.6. The van der Waals surface area contributed by atoms with Crippen LogP contribution in [0.3, 0.4) is 0 Å². The van der Waals surface area contributed by atoms with E-state index in [4.69, 9.17) is 14.2 Å². The molecular formula is C59H108O6. The van der Waals surface area contributed by atoms with Crippen molar-refractivity contribution in [3.8, 4) is 0 Å². The molecule has 0 aliphatic heterocycles. The highest BCUT2D eigenvalue weighted by atomic mass is 16.6. The third kappa shape index (κ3) is 52.5. The van der Waals surface area contributed by atoms with Crippen molar-refractivity contribution in [1.29, 1.82) is 0 Å². The Balaban J connectivity index is 4.32. The largest absolute Gasteiger partial charge is 0.462 e. The van der Waals surface area contributed by atoms with Gasteiger partial charge in [0.2, 0.25) is 0 Å². The second kappa shape index (κ2) is 54.2. The number of unbranched alkanes of at least 4 members (excludes halogenated alkanes) is 36. The molecule has 0 aromatic carbocycles. The zero-order valence-corrected chi connectivity index (χ0v) is 43.5. The van der Waals surface area contributed by atoms with Gasteiger partial charge in [0.05, 0.1) is 0 Å². The summed E-state index contributed by atoms with van der Waals surface area (Å²) in [6.07, 6.45) is 64.3. The van der Waals surface area contributed by atoms with Crippen LogP contribution in [-0.2, 0) is 28.6 Å². The lowest BCUT2D eigenvalue weighted by atomic mass is 10.0. The summed E-state index contributed by atoms with van der Waals surface area (Å²) < 4.78 is 16.8. The van der Waals surface area contributed by atoms with Crippen LogP contribution in [0.15, 0.2) is 36.5 Å². The molecule has 0 bridgehead atoms. The molecule has 0 aliphatic carbocycles. The molecule has 1 atom stereocenters. The first-order chi connectivity index (χ1) is 32.0. The first-order valence-electron chi connectivity index (χ1n) is 28.5. The van der Waals surface area contributed by atoms with Gasteiger partial charge in [0.25, 0.3) is 0 Å². The number of allylic oxidation sites excluding steroid dienone is 6. The smallest absolute Gasteiger partial charge is 0.306 e. The number of rotatable bonds is 52. The van der Waals surface area contributed by atoms with Crippen LogP contribution in [-0.4, -0.2) is 37.2 Å². The van der Waals surface area contributed by atoms with Gasteiger partial charge < -0.3 is 14.2 Å². The number of carbonyl (C=O) groups excluding carboxylic acids is 3. The molecule has 0 saturated heterocycles. The molecule has 0 fully saturated rings. The van der Waals surface area contributed by atoms with Gasteiger partial charge in [-0.1, -0.05) is 256 Å². The summed E-state index contributed by atoms with van der Waals surface area (Å²) in [6.45, 7) is 6.60. The van der Waals surface area contributed by atoms with E-state index in [1.54, 1.807) is 0 Å². The highest BCUT2D eigenvalue weighted by Crippen LogP contribution is 2.16. The molecule has 0 aliphatic rings. The van der Waals surface area contributed by atoms with Crippen molar-refractivity contribution in [2.75, 3.05) is 13.2 Å². The lowest BCUT2D eigenvalue weighted by molar-refractivity contribution is -0.167. The molecule has 0 saturated carbocycles. The van der Waals surface area contributed by atoms with Crippen LogP contribution in [0.4, 0.5) is 0 Å². The number of carbonyl (C=O) groups is 3. The summed E-state index contributed by atoms with van der Waals surface area (Å²) >= 11 is 0. The molecule has 1 unspecified atom stereocenters. The lowest BCUT2D eigenvalue weighted by Crippen LogP contribution is -2.30. The fraction of sp³-hybridized carbons (Fsp3) is 0.847. The molecule has 0 rings (SSSR count). The predicted octanol–water partition coefficient (Wildman–Crippen LogP) is 18.9. The minimum atomic E-state index is -0.783. The van der Waals surface area contributed by atoms with E-state index in [1.807, 2.05) is 0 Å². The number of hydrogen-bond acceptors (Lipinski definition) is 6. The molecule has 65 heavy (non-hydrogen) atoms. The first-order valence-corrected chi connectivity index (χ1v) is 28.5. The standard InChI is InChI=1S/C59H108O6/c1-4-7-10-13-16-19-22-24-26-28-30-32-34-37-40-43-46-49-52-58(61)64-55-56(54-63-57(60)51-48-45-42-39-36-21-18-15-12-9-6-3)65-59(62)53-50-47-44-41-38-35-33-31-29-27-25-23-20-17-14-11-8-5-2/h15,18,21,30,32,36,56H,4-14,16-17,19-20,22-29,31,33-35,37-55H2,1-3H3/b18-15-,32-30-,36-21-. The van der Waals surface area contributed by atoms with Crippen molar-refractivity contribution >= 4 is 17.9 Å².